The second-order valence-corrected chi connectivity index (χ2v) is 4.08. The van der Waals surface area contributed by atoms with E-state index >= 15 is 0 Å². The fourth-order valence-electron chi connectivity index (χ4n) is 1.70. The molecule has 2 rings (SSSR count). The summed E-state index contributed by atoms with van der Waals surface area (Å²) in [4.78, 5) is 13.7. The molecule has 90 valence electrons. The quantitative estimate of drug-likeness (QED) is 0.842. The Labute approximate surface area is 105 Å². The molecule has 1 aromatic rings. The van der Waals surface area contributed by atoms with Gasteiger partial charge in [0.25, 0.3) is 5.91 Å². The molecule has 0 bridgehead atoms. The molecule has 1 unspecified atom stereocenters. The molecule has 4 nitrogen and oxygen atoms in total. The third-order valence-electron chi connectivity index (χ3n) is 2.44. The number of hydrogen-bond donors (Lipinski definition) is 1. The lowest BCUT2D eigenvalue weighted by molar-refractivity contribution is 0.0677. The van der Waals surface area contributed by atoms with Gasteiger partial charge < -0.3 is 14.6 Å². The fraction of sp³-hybridized carbons (Fsp3) is 0.500. The molecule has 0 aliphatic carbocycles. The van der Waals surface area contributed by atoms with Gasteiger partial charge in [-0.25, -0.2) is 0 Å². The van der Waals surface area contributed by atoms with Crippen LogP contribution < -0.4 is 5.32 Å². The number of nitrogens with one attached hydrogen (secondary N) is 1. The van der Waals surface area contributed by atoms with Crippen LogP contribution in [0, 0.1) is 0 Å². The second-order valence-electron chi connectivity index (χ2n) is 3.71. The molecule has 6 heteroatoms. The van der Waals surface area contributed by atoms with E-state index < -0.39 is 0 Å². The van der Waals surface area contributed by atoms with E-state index in [0.29, 0.717) is 24.9 Å². The Bertz CT molecular complexity index is 367. The van der Waals surface area contributed by atoms with Crippen molar-refractivity contribution in [3.05, 3.63) is 23.1 Å². The van der Waals surface area contributed by atoms with Crippen molar-refractivity contribution < 1.29 is 9.21 Å². The van der Waals surface area contributed by atoms with Crippen LogP contribution in [0.25, 0.3) is 0 Å². The Morgan fingerprint density at radius 2 is 2.38 bits per heavy atom. The van der Waals surface area contributed by atoms with Crippen LogP contribution in [-0.4, -0.2) is 36.5 Å². The molecule has 1 amide bonds. The van der Waals surface area contributed by atoms with E-state index in [9.17, 15) is 4.79 Å². The minimum atomic E-state index is -0.0877. The molecule has 1 saturated heterocycles. The monoisotopic (exact) mass is 264 g/mol. The number of amides is 1. The van der Waals surface area contributed by atoms with Crippen LogP contribution in [0.5, 0.6) is 0 Å². The highest BCUT2D eigenvalue weighted by Gasteiger charge is 2.23. The number of hydrogen-bond acceptors (Lipinski definition) is 3. The number of piperazine rings is 1. The van der Waals surface area contributed by atoms with Gasteiger partial charge in [-0.15, -0.1) is 12.4 Å². The molecule has 1 aliphatic heterocycles. The third kappa shape index (κ3) is 2.90. The van der Waals surface area contributed by atoms with Crippen LogP contribution in [0.4, 0.5) is 0 Å². The number of halogens is 2. The van der Waals surface area contributed by atoms with Gasteiger partial charge in [-0.3, -0.25) is 4.79 Å². The van der Waals surface area contributed by atoms with Gasteiger partial charge in [0, 0.05) is 25.7 Å². The lowest BCUT2D eigenvalue weighted by Gasteiger charge is -2.31. The molecule has 1 N–H and O–H groups in total. The highest BCUT2D eigenvalue weighted by atomic mass is 35.5. The van der Waals surface area contributed by atoms with Crippen LogP contribution in [-0.2, 0) is 0 Å². The molecule has 1 atom stereocenters. The Morgan fingerprint density at radius 3 is 2.94 bits per heavy atom. The number of carbonyl (C=O) groups is 1. The van der Waals surface area contributed by atoms with E-state index in [4.69, 9.17) is 16.0 Å². The molecule has 0 saturated carbocycles. The summed E-state index contributed by atoms with van der Waals surface area (Å²) in [6.07, 6.45) is 0. The van der Waals surface area contributed by atoms with Gasteiger partial charge >= 0.3 is 0 Å². The Balaban J connectivity index is 0.00000128. The molecule has 1 fully saturated rings. The van der Waals surface area contributed by atoms with Gasteiger partial charge in [-0.2, -0.15) is 0 Å². The summed E-state index contributed by atoms with van der Waals surface area (Å²) in [7, 11) is 0. The van der Waals surface area contributed by atoms with Gasteiger partial charge in [0.1, 0.15) is 0 Å². The first-order chi connectivity index (χ1) is 7.16. The topological polar surface area (TPSA) is 45.5 Å². The summed E-state index contributed by atoms with van der Waals surface area (Å²) in [5, 5.41) is 3.52. The Kier molecular flexibility index (Phi) is 4.65. The predicted octanol–water partition coefficient (Wildman–Crippen LogP) is 1.79. The van der Waals surface area contributed by atoms with E-state index in [2.05, 4.69) is 12.2 Å². The van der Waals surface area contributed by atoms with Crippen molar-refractivity contribution in [2.75, 3.05) is 19.6 Å². The molecular weight excluding hydrogens is 251 g/mol. The number of furan rings is 1. The summed E-state index contributed by atoms with van der Waals surface area (Å²) in [6, 6.07) is 3.52. The normalized spacial score (nSPS) is 20.4. The SMILES string of the molecule is CC1CN(C(=O)c2ccc(Cl)o2)CCN1.Cl. The Morgan fingerprint density at radius 1 is 1.62 bits per heavy atom. The van der Waals surface area contributed by atoms with Crippen molar-refractivity contribution in [1.29, 1.82) is 0 Å². The van der Waals surface area contributed by atoms with Gasteiger partial charge in [0.2, 0.25) is 0 Å². The maximum Gasteiger partial charge on any atom is 0.289 e. The van der Waals surface area contributed by atoms with E-state index in [1.807, 2.05) is 0 Å². The van der Waals surface area contributed by atoms with Crippen molar-refractivity contribution in [2.45, 2.75) is 13.0 Å². The third-order valence-corrected chi connectivity index (χ3v) is 2.64. The number of rotatable bonds is 1. The summed E-state index contributed by atoms with van der Waals surface area (Å²) in [5.41, 5.74) is 0. The van der Waals surface area contributed by atoms with Crippen molar-refractivity contribution in [2.24, 2.45) is 0 Å². The van der Waals surface area contributed by atoms with E-state index in [1.54, 1.807) is 17.0 Å². The number of carbonyl (C=O) groups excluding carboxylic acids is 1. The Hall–Kier alpha value is -0.710. The van der Waals surface area contributed by atoms with Crippen LogP contribution in [0.2, 0.25) is 5.22 Å². The van der Waals surface area contributed by atoms with Gasteiger partial charge in [0.05, 0.1) is 0 Å². The predicted molar refractivity (Wildman–Crippen MR) is 64.3 cm³/mol. The van der Waals surface area contributed by atoms with Crippen molar-refractivity contribution in [3.8, 4) is 0 Å². The summed E-state index contributed by atoms with van der Waals surface area (Å²) >= 11 is 5.62. The van der Waals surface area contributed by atoms with E-state index in [1.165, 1.54) is 0 Å². The molecule has 0 spiro atoms. The van der Waals surface area contributed by atoms with Gasteiger partial charge in [-0.05, 0) is 30.7 Å². The van der Waals surface area contributed by atoms with Crippen molar-refractivity contribution in [3.63, 3.8) is 0 Å². The maximum absolute atomic E-state index is 11.9. The molecule has 0 radical (unpaired) electrons. The summed E-state index contributed by atoms with van der Waals surface area (Å²) < 4.78 is 5.09. The molecule has 2 heterocycles. The second kappa shape index (κ2) is 5.57. The summed E-state index contributed by atoms with van der Waals surface area (Å²) in [5.74, 6) is 0.226. The number of nitrogens with zero attached hydrogens (tertiary/aromatic N) is 1. The van der Waals surface area contributed by atoms with Crippen LogP contribution in [0.3, 0.4) is 0 Å². The zero-order chi connectivity index (χ0) is 10.8. The fourth-order valence-corrected chi connectivity index (χ4v) is 1.85. The van der Waals surface area contributed by atoms with E-state index in [-0.39, 0.29) is 23.5 Å². The lowest BCUT2D eigenvalue weighted by atomic mass is 10.2. The average Bonchev–Trinajstić information content (AvgIpc) is 2.64. The molecule has 1 aromatic heterocycles. The smallest absolute Gasteiger partial charge is 0.289 e. The van der Waals surface area contributed by atoms with Crippen molar-refractivity contribution >= 4 is 29.9 Å². The maximum atomic E-state index is 11.9. The van der Waals surface area contributed by atoms with Gasteiger partial charge in [-0.1, -0.05) is 0 Å². The molecule has 0 aromatic carbocycles. The summed E-state index contributed by atoms with van der Waals surface area (Å²) in [6.45, 7) is 4.29. The zero-order valence-electron chi connectivity index (χ0n) is 8.90. The standard InChI is InChI=1S/C10H13ClN2O2.ClH/c1-7-6-13(5-4-12-7)10(14)8-2-3-9(11)15-8;/h2-3,7,12H,4-6H2,1H3;1H. The molecular formula is C10H14Cl2N2O2. The average molecular weight is 265 g/mol. The van der Waals surface area contributed by atoms with Crippen molar-refractivity contribution in [1.82, 2.24) is 10.2 Å². The molecule has 16 heavy (non-hydrogen) atoms. The van der Waals surface area contributed by atoms with Crippen LogP contribution >= 0.6 is 24.0 Å². The molecule has 1 aliphatic rings. The first-order valence-corrected chi connectivity index (χ1v) is 5.32. The largest absolute Gasteiger partial charge is 0.440 e. The van der Waals surface area contributed by atoms with Crippen LogP contribution in [0.15, 0.2) is 16.5 Å². The highest BCUT2D eigenvalue weighted by molar-refractivity contribution is 6.29. The first-order valence-electron chi connectivity index (χ1n) is 4.95. The van der Waals surface area contributed by atoms with Gasteiger partial charge in [0.15, 0.2) is 11.0 Å². The first kappa shape index (κ1) is 13.4. The minimum absolute atomic E-state index is 0. The van der Waals surface area contributed by atoms with Crippen LogP contribution in [0.1, 0.15) is 17.5 Å². The zero-order valence-corrected chi connectivity index (χ0v) is 10.5. The minimum Gasteiger partial charge on any atom is -0.440 e. The van der Waals surface area contributed by atoms with E-state index in [0.717, 1.165) is 6.54 Å². The lowest BCUT2D eigenvalue weighted by Crippen LogP contribution is -2.51. The highest BCUT2D eigenvalue weighted by Crippen LogP contribution is 2.15.